The summed E-state index contributed by atoms with van der Waals surface area (Å²) in [5, 5.41) is 65.1. The zero-order chi connectivity index (χ0) is 83.0. The molecule has 2 aromatic heterocycles. The summed E-state index contributed by atoms with van der Waals surface area (Å²) in [6, 6.07) is 26.2. The third kappa shape index (κ3) is 19.9. The Labute approximate surface area is 670 Å². The molecule has 12 bridgehead atoms. The lowest BCUT2D eigenvalue weighted by Gasteiger charge is -2.39. The van der Waals surface area contributed by atoms with E-state index in [0.29, 0.717) is 45.1 Å². The van der Waals surface area contributed by atoms with E-state index in [1.54, 1.807) is 130 Å². The van der Waals surface area contributed by atoms with Gasteiger partial charge >= 0.3 is 11.9 Å². The molecule has 32 heteroatoms. The molecule has 0 radical (unpaired) electrons. The van der Waals surface area contributed by atoms with Crippen LogP contribution in [0.3, 0.4) is 0 Å². The van der Waals surface area contributed by atoms with Crippen LogP contribution in [-0.4, -0.2) is 221 Å². The molecule has 7 aliphatic rings. The molecule has 9 amide bonds. The van der Waals surface area contributed by atoms with E-state index in [4.69, 9.17) is 9.47 Å². The number of hydrogen-bond acceptors (Lipinski definition) is 19. The van der Waals surface area contributed by atoms with Crippen LogP contribution in [0.25, 0.3) is 21.5 Å². The monoisotopic (exact) mass is 1590 g/mol. The summed E-state index contributed by atoms with van der Waals surface area (Å²) in [4.78, 5) is 163. The van der Waals surface area contributed by atoms with Crippen LogP contribution in [0.1, 0.15) is 114 Å². The Morgan fingerprint density at radius 2 is 0.897 bits per heavy atom. The highest BCUT2D eigenvalue weighted by Gasteiger charge is 2.50. The van der Waals surface area contributed by atoms with Crippen molar-refractivity contribution >= 4 is 86.6 Å². The minimum Gasteiger partial charge on any atom is -0.487 e. The number of carbonyl (C=O) groups excluding carboxylic acids is 9. The zero-order valence-corrected chi connectivity index (χ0v) is 66.6. The standard InChI is InChI=1S/C84H101N17O15/c1-47(85-9)72(102)91-70(83(3,4)5)79(109)98-43-60-37-68(98)76(106)87-64(35-51-19-25-53-15-11-13-17-55(53)31-51)74(104)89-66(78(108)97-39-57(40-97)81(111)112)33-49-21-27-62(28-22-49)115-45-58-41-101(95-93-58)61-38-69(99(44-61)80(110)71(84(6,7)8)92-73(103)48(2)86-10)77(107)88-65(36-52-20-26-54-16-12-14-18-56(54)32-52)75(105)90-67(82(113)114)34-50-23-29-63(30-24-50)116-46-59-42-100(60)96-94-59/h11-32,41-42,47-48,57,60-61,64-71,85-86H,33-40,43-46H2,1-10H3,(H,87,106)(H,88,107)(H,89,104)(H,90,105)(H,91,102)(H,92,103)(H,111,112)(H,113,114)/t47-,48-,60-,61-,64-,65-,66-,67-,68-,69-,70+,71+/m0/s1. The number of nitrogens with zero attached hydrogens (tertiary/aromatic N) is 9. The predicted molar refractivity (Wildman–Crippen MR) is 425 cm³/mol. The second-order valence-electron chi connectivity index (χ2n) is 32.7. The molecule has 3 fully saturated rings. The summed E-state index contributed by atoms with van der Waals surface area (Å²) >= 11 is 0. The molecule has 612 valence electrons. The van der Waals surface area contributed by atoms with Gasteiger partial charge in [-0.1, -0.05) is 161 Å². The molecule has 0 aliphatic carbocycles. The molecule has 0 spiro atoms. The minimum absolute atomic E-state index is 0.0513. The highest BCUT2D eigenvalue weighted by molar-refractivity contribution is 5.99. The topological polar surface area (TPSA) is 414 Å². The summed E-state index contributed by atoms with van der Waals surface area (Å²) in [6.45, 7) is 13.3. The maximum Gasteiger partial charge on any atom is 0.326 e. The normalized spacial score (nSPS) is 21.9. The maximum atomic E-state index is 15.5. The van der Waals surface area contributed by atoms with Crippen LogP contribution in [0.15, 0.2) is 146 Å². The molecule has 6 aromatic carbocycles. The van der Waals surface area contributed by atoms with Crippen molar-refractivity contribution in [3.63, 3.8) is 0 Å². The van der Waals surface area contributed by atoms with Gasteiger partial charge in [0.2, 0.25) is 53.2 Å². The maximum absolute atomic E-state index is 15.5. The first-order valence-electron chi connectivity index (χ1n) is 39.0. The van der Waals surface area contributed by atoms with Crippen molar-refractivity contribution in [2.24, 2.45) is 16.7 Å². The molecule has 3 saturated heterocycles. The van der Waals surface area contributed by atoms with Crippen molar-refractivity contribution in [3.8, 4) is 11.5 Å². The van der Waals surface area contributed by atoms with Gasteiger partial charge in [0, 0.05) is 64.7 Å². The van der Waals surface area contributed by atoms with Crippen molar-refractivity contribution in [2.75, 3.05) is 40.3 Å². The van der Waals surface area contributed by atoms with Gasteiger partial charge in [0.05, 0.1) is 42.5 Å². The van der Waals surface area contributed by atoms with Crippen LogP contribution in [0.2, 0.25) is 0 Å². The minimum atomic E-state index is -1.53. The smallest absolute Gasteiger partial charge is 0.326 e. The van der Waals surface area contributed by atoms with Crippen LogP contribution in [0, 0.1) is 16.7 Å². The van der Waals surface area contributed by atoms with E-state index < -0.39 is 154 Å². The largest absolute Gasteiger partial charge is 0.487 e. The number of ether oxygens (including phenoxy) is 2. The Morgan fingerprint density at radius 3 is 1.28 bits per heavy atom. The quantitative estimate of drug-likeness (QED) is 0.0698. The average molecular weight is 1590 g/mol. The number of hydrogen-bond donors (Lipinski definition) is 10. The molecule has 15 rings (SSSR count). The highest BCUT2D eigenvalue weighted by Crippen LogP contribution is 2.35. The summed E-state index contributed by atoms with van der Waals surface area (Å²) in [6.07, 6.45) is 2.59. The molecule has 32 nitrogen and oxygen atoms in total. The number of carbonyl (C=O) groups is 11. The van der Waals surface area contributed by atoms with Crippen molar-refractivity contribution in [3.05, 3.63) is 179 Å². The number of carboxylic acids is 2. The van der Waals surface area contributed by atoms with Gasteiger partial charge in [-0.05, 0) is 107 Å². The number of aromatic nitrogens is 6. The number of carboxylic acid groups (broad SMARTS) is 2. The van der Waals surface area contributed by atoms with Gasteiger partial charge < -0.3 is 76.9 Å². The van der Waals surface area contributed by atoms with E-state index in [9.17, 15) is 39.0 Å². The van der Waals surface area contributed by atoms with Crippen LogP contribution in [0.5, 0.6) is 11.5 Å². The molecular formula is C84H101N17O15. The molecule has 9 heterocycles. The summed E-state index contributed by atoms with van der Waals surface area (Å²) in [5.74, 6) is -8.35. The molecule has 10 N–H and O–H groups in total. The summed E-state index contributed by atoms with van der Waals surface area (Å²) in [7, 11) is 3.22. The number of fused-ring (bicyclic) bond motifs is 2. The number of aliphatic carboxylic acids is 2. The highest BCUT2D eigenvalue weighted by atomic mass is 16.5. The Bertz CT molecular complexity index is 4970. The first-order chi connectivity index (χ1) is 55.3. The van der Waals surface area contributed by atoms with E-state index in [0.717, 1.165) is 21.5 Å². The first-order valence-corrected chi connectivity index (χ1v) is 39.0. The average Bonchev–Trinajstić information content (AvgIpc) is 1.64. The fraction of sp³-hybridized carbons (Fsp3) is 0.440. The Kier molecular flexibility index (Phi) is 25.6. The Hall–Kier alpha value is -12.2. The second kappa shape index (κ2) is 35.7. The van der Waals surface area contributed by atoms with Crippen LogP contribution >= 0.6 is 0 Å². The van der Waals surface area contributed by atoms with Gasteiger partial charge in [-0.3, -0.25) is 47.9 Å². The van der Waals surface area contributed by atoms with E-state index in [2.05, 4.69) is 63.2 Å². The van der Waals surface area contributed by atoms with E-state index in [1.807, 2.05) is 84.9 Å². The number of likely N-dealkylation sites (tertiary alicyclic amines) is 3. The van der Waals surface area contributed by atoms with Gasteiger partial charge in [-0.2, -0.15) is 0 Å². The summed E-state index contributed by atoms with van der Waals surface area (Å²) < 4.78 is 15.5. The molecule has 116 heavy (non-hydrogen) atoms. The van der Waals surface area contributed by atoms with E-state index >= 15 is 24.0 Å². The zero-order valence-electron chi connectivity index (χ0n) is 66.6. The fourth-order valence-corrected chi connectivity index (χ4v) is 14.9. The first kappa shape index (κ1) is 83.2. The van der Waals surface area contributed by atoms with Crippen LogP contribution < -0.4 is 52.0 Å². The molecule has 12 atom stereocenters. The fourth-order valence-electron chi connectivity index (χ4n) is 14.9. The predicted octanol–water partition coefficient (Wildman–Crippen LogP) is 3.75. The van der Waals surface area contributed by atoms with Gasteiger partial charge in [-0.15, -0.1) is 10.2 Å². The SMILES string of the molecule is CN[C@@H](C)C(=O)N[C@H](C(=O)N1C[C@@H]2C[C@H]1C(=O)N[C@@H](Cc1ccc3ccccc3c1)C(=O)N[C@H](C(=O)O)Cc1ccc(cc1)OCc1cn(nn1)[C@H]1C[C@@H](C(=O)N[C@@H](Cc3ccc4ccccc4c3)C(=O)N[C@H](C(=O)N3CC(C(=O)O)C3)Cc3ccc(cc3)OCc3cn2nn3)N(C(=O)[C@@H](NC(=O)[C@H](C)NC)C(C)(C)C)C1)C(C)(C)C. The number of amides is 9. The van der Waals surface area contributed by atoms with Crippen molar-refractivity contribution in [2.45, 2.75) is 180 Å². The Balaban J connectivity index is 0.888. The lowest BCUT2D eigenvalue weighted by molar-refractivity contribution is -0.154. The lowest BCUT2D eigenvalue weighted by Crippen LogP contribution is -2.62. The van der Waals surface area contributed by atoms with Gasteiger partial charge in [0.15, 0.2) is 0 Å². The van der Waals surface area contributed by atoms with E-state index in [-0.39, 0.29) is 77.9 Å². The molecule has 0 unspecified atom stereocenters. The number of rotatable bonds is 15. The molecule has 0 saturated carbocycles. The number of likely N-dealkylation sites (N-methyl/N-ethyl adjacent to an activating group) is 2. The Morgan fingerprint density at radius 1 is 0.500 bits per heavy atom. The van der Waals surface area contributed by atoms with Crippen molar-refractivity contribution < 1.29 is 72.4 Å². The van der Waals surface area contributed by atoms with Crippen molar-refractivity contribution in [1.29, 1.82) is 0 Å². The van der Waals surface area contributed by atoms with Crippen LogP contribution in [-0.2, 0) is 91.6 Å². The molecule has 8 aromatic rings. The van der Waals surface area contributed by atoms with Gasteiger partial charge in [-0.25, -0.2) is 14.2 Å². The van der Waals surface area contributed by atoms with Gasteiger partial charge in [0.25, 0.3) is 0 Å². The summed E-state index contributed by atoms with van der Waals surface area (Å²) in [5.41, 5.74) is 1.17. The third-order valence-electron chi connectivity index (χ3n) is 22.1. The molecule has 7 aliphatic heterocycles. The van der Waals surface area contributed by atoms with Crippen molar-refractivity contribution in [1.82, 2.24) is 87.2 Å². The van der Waals surface area contributed by atoms with Gasteiger partial charge in [0.1, 0.15) is 84.4 Å². The van der Waals surface area contributed by atoms with Crippen LogP contribution in [0.4, 0.5) is 0 Å². The molecular weight excluding hydrogens is 1490 g/mol. The van der Waals surface area contributed by atoms with E-state index in [1.165, 1.54) is 24.1 Å². The second-order valence-corrected chi connectivity index (χ2v) is 32.7. The number of nitrogens with one attached hydrogen (secondary N) is 8. The third-order valence-corrected chi connectivity index (χ3v) is 22.1. The lowest BCUT2D eigenvalue weighted by atomic mass is 9.85. The number of benzene rings is 6.